The Labute approximate surface area is 242 Å². The highest BCUT2D eigenvalue weighted by molar-refractivity contribution is 5.85. The highest BCUT2D eigenvalue weighted by atomic mass is 35.5. The van der Waals surface area contributed by atoms with E-state index >= 15 is 0 Å². The van der Waals surface area contributed by atoms with Gasteiger partial charge in [0.05, 0.1) is 14.2 Å². The molecule has 0 aliphatic rings. The molecule has 210 valence electrons. The number of nitrogens with one attached hydrogen (secondary N) is 2. The minimum Gasteiger partial charge on any atom is -0.493 e. The fourth-order valence-corrected chi connectivity index (χ4v) is 4.66. The fourth-order valence-electron chi connectivity index (χ4n) is 4.66. The first-order valence-electron chi connectivity index (χ1n) is 13.5. The second kappa shape index (κ2) is 20.7. The highest BCUT2D eigenvalue weighted by Gasteiger charge is 2.15. The van der Waals surface area contributed by atoms with Crippen LogP contribution >= 0.6 is 24.8 Å². The van der Waals surface area contributed by atoms with Gasteiger partial charge in [-0.3, -0.25) is 0 Å². The molecule has 0 saturated heterocycles. The lowest BCUT2D eigenvalue weighted by atomic mass is 9.96. The topological polar surface area (TPSA) is 42.5 Å². The van der Waals surface area contributed by atoms with E-state index in [4.69, 9.17) is 9.47 Å². The molecule has 0 fully saturated rings. The second-order valence-electron chi connectivity index (χ2n) is 9.32. The molecule has 38 heavy (non-hydrogen) atoms. The average molecular weight is 562 g/mol. The maximum atomic E-state index is 5.78. The van der Waals surface area contributed by atoms with Crippen LogP contribution in [0.2, 0.25) is 0 Å². The van der Waals surface area contributed by atoms with Crippen LogP contribution < -0.4 is 20.1 Å². The number of rotatable bonds is 18. The molecule has 4 nitrogen and oxygen atoms in total. The van der Waals surface area contributed by atoms with E-state index in [-0.39, 0.29) is 24.8 Å². The summed E-state index contributed by atoms with van der Waals surface area (Å²) in [4.78, 5) is 0. The van der Waals surface area contributed by atoms with Gasteiger partial charge in [0.25, 0.3) is 0 Å². The molecular weight excluding hydrogens is 515 g/mol. The molecule has 0 spiro atoms. The Morgan fingerprint density at radius 3 is 1.63 bits per heavy atom. The van der Waals surface area contributed by atoms with Crippen molar-refractivity contribution in [2.45, 2.75) is 51.4 Å². The van der Waals surface area contributed by atoms with E-state index in [1.54, 1.807) is 14.2 Å². The van der Waals surface area contributed by atoms with Gasteiger partial charge in [0, 0.05) is 5.56 Å². The van der Waals surface area contributed by atoms with E-state index in [2.05, 4.69) is 77.4 Å². The molecule has 0 unspecified atom stereocenters. The summed E-state index contributed by atoms with van der Waals surface area (Å²) in [6, 6.07) is 25.6. The molecule has 0 aliphatic heterocycles. The molecule has 2 N–H and O–H groups in total. The van der Waals surface area contributed by atoms with Gasteiger partial charge in [-0.15, -0.1) is 24.8 Å². The number of hydrogen-bond donors (Lipinski definition) is 2. The quantitative estimate of drug-likeness (QED) is 0.167. The molecule has 0 atom stereocenters. The summed E-state index contributed by atoms with van der Waals surface area (Å²) in [6.07, 6.45) is 9.10. The molecule has 0 amide bonds. The molecular formula is C32H46Cl2N2O2. The summed E-state index contributed by atoms with van der Waals surface area (Å²) in [6.45, 7) is 4.24. The third-order valence-electron chi connectivity index (χ3n) is 6.71. The zero-order valence-electron chi connectivity index (χ0n) is 23.0. The molecule has 0 radical (unpaired) electrons. The van der Waals surface area contributed by atoms with Crippen LogP contribution in [0.25, 0.3) is 0 Å². The molecule has 0 heterocycles. The van der Waals surface area contributed by atoms with E-state index in [0.717, 1.165) is 63.4 Å². The minimum atomic E-state index is 0. The Balaban J connectivity index is 0.00000361. The van der Waals surface area contributed by atoms with Crippen molar-refractivity contribution in [3.05, 3.63) is 95.1 Å². The van der Waals surface area contributed by atoms with E-state index in [0.29, 0.717) is 0 Å². The van der Waals surface area contributed by atoms with E-state index in [9.17, 15) is 0 Å². The van der Waals surface area contributed by atoms with E-state index < -0.39 is 0 Å². The summed E-state index contributed by atoms with van der Waals surface area (Å²) in [5, 5.41) is 7.21. The van der Waals surface area contributed by atoms with Gasteiger partial charge in [-0.2, -0.15) is 0 Å². The van der Waals surface area contributed by atoms with Crippen molar-refractivity contribution in [1.29, 1.82) is 0 Å². The molecule has 0 aromatic heterocycles. The number of benzene rings is 3. The lowest BCUT2D eigenvalue weighted by Gasteiger charge is -2.17. The van der Waals surface area contributed by atoms with Crippen molar-refractivity contribution in [2.75, 3.05) is 40.4 Å². The number of halogens is 2. The predicted molar refractivity (Wildman–Crippen MR) is 166 cm³/mol. The van der Waals surface area contributed by atoms with Crippen molar-refractivity contribution in [3.8, 4) is 11.5 Å². The summed E-state index contributed by atoms with van der Waals surface area (Å²) < 4.78 is 11.3. The molecule has 3 rings (SSSR count). The number of unbranched alkanes of at least 4 members (excludes halogenated alkanes) is 3. The Morgan fingerprint density at radius 1 is 0.526 bits per heavy atom. The largest absolute Gasteiger partial charge is 0.493 e. The normalized spacial score (nSPS) is 10.4. The number of ether oxygens (including phenoxy) is 2. The second-order valence-corrected chi connectivity index (χ2v) is 9.32. The lowest BCUT2D eigenvalue weighted by Crippen LogP contribution is -2.20. The SMILES string of the molecule is COc1ccc(CCNCCCCCCNCCc2ccccc2)c(CCc2ccccc2)c1OC.Cl.Cl. The molecule has 0 aliphatic carbocycles. The van der Waals surface area contributed by atoms with Crippen molar-refractivity contribution in [2.24, 2.45) is 0 Å². The van der Waals surface area contributed by atoms with Crippen LogP contribution in [0.1, 0.15) is 47.9 Å². The zero-order valence-corrected chi connectivity index (χ0v) is 24.7. The number of methoxy groups -OCH3 is 2. The van der Waals surface area contributed by atoms with Crippen LogP contribution in [-0.4, -0.2) is 40.4 Å². The smallest absolute Gasteiger partial charge is 0.164 e. The Bertz CT molecular complexity index is 988. The molecule has 0 bridgehead atoms. The van der Waals surface area contributed by atoms with Crippen molar-refractivity contribution in [1.82, 2.24) is 10.6 Å². The summed E-state index contributed by atoms with van der Waals surface area (Å²) >= 11 is 0. The first-order valence-corrected chi connectivity index (χ1v) is 13.5. The monoisotopic (exact) mass is 560 g/mol. The summed E-state index contributed by atoms with van der Waals surface area (Å²) in [5.74, 6) is 1.69. The number of hydrogen-bond acceptors (Lipinski definition) is 4. The molecule has 3 aromatic carbocycles. The summed E-state index contributed by atoms with van der Waals surface area (Å²) in [5.41, 5.74) is 5.37. The van der Waals surface area contributed by atoms with Gasteiger partial charge in [-0.05, 0) is 87.5 Å². The maximum Gasteiger partial charge on any atom is 0.164 e. The Morgan fingerprint density at radius 2 is 1.08 bits per heavy atom. The Kier molecular flexibility index (Phi) is 18.4. The van der Waals surface area contributed by atoms with Gasteiger partial charge in [-0.1, -0.05) is 79.6 Å². The van der Waals surface area contributed by atoms with Gasteiger partial charge in [0.15, 0.2) is 11.5 Å². The van der Waals surface area contributed by atoms with Crippen molar-refractivity contribution < 1.29 is 9.47 Å². The van der Waals surface area contributed by atoms with Gasteiger partial charge in [0.1, 0.15) is 0 Å². The first-order chi connectivity index (χ1) is 17.8. The van der Waals surface area contributed by atoms with Crippen LogP contribution in [0.4, 0.5) is 0 Å². The summed E-state index contributed by atoms with van der Waals surface area (Å²) in [7, 11) is 3.45. The van der Waals surface area contributed by atoms with Crippen molar-refractivity contribution >= 4 is 24.8 Å². The first kappa shape index (κ1) is 33.8. The van der Waals surface area contributed by atoms with Gasteiger partial charge in [0.2, 0.25) is 0 Å². The fraction of sp³-hybridized carbons (Fsp3) is 0.438. The van der Waals surface area contributed by atoms with Crippen molar-refractivity contribution in [3.63, 3.8) is 0 Å². The van der Waals surface area contributed by atoms with Crippen LogP contribution in [0, 0.1) is 0 Å². The van der Waals surface area contributed by atoms with Gasteiger partial charge < -0.3 is 20.1 Å². The number of aryl methyl sites for hydroxylation is 1. The zero-order chi connectivity index (χ0) is 25.3. The third-order valence-corrected chi connectivity index (χ3v) is 6.71. The van der Waals surface area contributed by atoms with Crippen LogP contribution in [0.5, 0.6) is 11.5 Å². The van der Waals surface area contributed by atoms with Gasteiger partial charge >= 0.3 is 0 Å². The van der Waals surface area contributed by atoms with Crippen LogP contribution in [0.15, 0.2) is 72.8 Å². The third kappa shape index (κ3) is 12.1. The lowest BCUT2D eigenvalue weighted by molar-refractivity contribution is 0.351. The maximum absolute atomic E-state index is 5.78. The predicted octanol–water partition coefficient (Wildman–Crippen LogP) is 6.86. The molecule has 6 heteroatoms. The van der Waals surface area contributed by atoms with Gasteiger partial charge in [-0.25, -0.2) is 0 Å². The van der Waals surface area contributed by atoms with Crippen LogP contribution in [-0.2, 0) is 25.7 Å². The standard InChI is InChI=1S/C32H44N2O2.2ClH/c1-35-31-20-18-29(30(32(31)36-2)19-17-27-13-7-5-8-14-27)22-26-34-24-12-4-3-11-23-33-25-21-28-15-9-6-10-16-28;;/h5-10,13-16,18,20,33-34H,3-4,11-12,17,19,21-26H2,1-2H3;2*1H. The van der Waals surface area contributed by atoms with E-state index in [1.165, 1.54) is 47.9 Å². The highest BCUT2D eigenvalue weighted by Crippen LogP contribution is 2.34. The molecule has 3 aromatic rings. The van der Waals surface area contributed by atoms with Crippen LogP contribution in [0.3, 0.4) is 0 Å². The average Bonchev–Trinajstić information content (AvgIpc) is 2.93. The molecule has 0 saturated carbocycles. The Hall–Kier alpha value is -2.24. The minimum absolute atomic E-state index is 0. The van der Waals surface area contributed by atoms with E-state index in [1.807, 2.05) is 6.07 Å².